The molecular formula is C24H25FO5. The number of ether oxygens (including phenoxy) is 2. The van der Waals surface area contributed by atoms with E-state index in [2.05, 4.69) is 0 Å². The van der Waals surface area contributed by atoms with Crippen LogP contribution < -0.4 is 4.74 Å². The lowest BCUT2D eigenvalue weighted by Gasteiger charge is -2.27. The van der Waals surface area contributed by atoms with E-state index in [1.807, 2.05) is 12.1 Å². The van der Waals surface area contributed by atoms with Crippen LogP contribution in [-0.2, 0) is 4.74 Å². The third-order valence-corrected chi connectivity index (χ3v) is 5.55. The van der Waals surface area contributed by atoms with Gasteiger partial charge in [0, 0.05) is 18.6 Å². The Bertz CT molecular complexity index is 1010. The highest BCUT2D eigenvalue weighted by Crippen LogP contribution is 2.44. The molecule has 0 aliphatic carbocycles. The van der Waals surface area contributed by atoms with Gasteiger partial charge in [-0.25, -0.2) is 4.39 Å². The number of halogens is 1. The van der Waals surface area contributed by atoms with Crippen LogP contribution in [0.15, 0.2) is 48.5 Å². The number of aromatic hydroxyl groups is 1. The minimum atomic E-state index is -0.999. The fourth-order valence-electron chi connectivity index (χ4n) is 4.03. The lowest BCUT2D eigenvalue weighted by atomic mass is 9.83. The van der Waals surface area contributed by atoms with Crippen LogP contribution in [0.25, 0.3) is 21.9 Å². The van der Waals surface area contributed by atoms with Crippen LogP contribution in [0.4, 0.5) is 4.39 Å². The minimum absolute atomic E-state index is 0.0651. The van der Waals surface area contributed by atoms with Gasteiger partial charge < -0.3 is 24.8 Å². The first-order chi connectivity index (χ1) is 14.6. The molecule has 0 spiro atoms. The Balaban J connectivity index is 1.93. The fourth-order valence-corrected chi connectivity index (χ4v) is 4.03. The number of phenols is 1. The summed E-state index contributed by atoms with van der Waals surface area (Å²) < 4.78 is 25.0. The highest BCUT2D eigenvalue weighted by atomic mass is 19.1. The SMILES string of the molecule is OC[C@H](O)COc1cc(C2CCOCC2)c(-c2ccc(F)cc2)c2ccc(O)cc12. The fraction of sp³-hybridized carbons (Fsp3) is 0.333. The molecule has 0 unspecified atom stereocenters. The summed E-state index contributed by atoms with van der Waals surface area (Å²) in [5.74, 6) is 0.563. The Labute approximate surface area is 174 Å². The Morgan fingerprint density at radius 2 is 1.77 bits per heavy atom. The molecule has 3 aromatic carbocycles. The van der Waals surface area contributed by atoms with Gasteiger partial charge in [0.05, 0.1) is 6.61 Å². The van der Waals surface area contributed by atoms with E-state index >= 15 is 0 Å². The van der Waals surface area contributed by atoms with Gasteiger partial charge in [-0.2, -0.15) is 0 Å². The van der Waals surface area contributed by atoms with Crippen LogP contribution in [0.5, 0.6) is 11.5 Å². The molecule has 5 nitrogen and oxygen atoms in total. The number of aliphatic hydroxyl groups is 2. The molecule has 158 valence electrons. The second-order valence-corrected chi connectivity index (χ2v) is 7.61. The summed E-state index contributed by atoms with van der Waals surface area (Å²) in [5.41, 5.74) is 2.93. The molecule has 1 aliphatic heterocycles. The topological polar surface area (TPSA) is 79.2 Å². The molecule has 1 saturated heterocycles. The van der Waals surface area contributed by atoms with E-state index in [4.69, 9.17) is 14.6 Å². The smallest absolute Gasteiger partial charge is 0.127 e. The lowest BCUT2D eigenvalue weighted by molar-refractivity contribution is 0.0540. The van der Waals surface area contributed by atoms with Gasteiger partial charge in [0.2, 0.25) is 0 Å². The van der Waals surface area contributed by atoms with Crippen molar-refractivity contribution in [3.05, 3.63) is 59.9 Å². The number of hydrogen-bond donors (Lipinski definition) is 3. The Kier molecular flexibility index (Phi) is 6.18. The summed E-state index contributed by atoms with van der Waals surface area (Å²) in [5, 5.41) is 30.5. The van der Waals surface area contributed by atoms with E-state index in [0.717, 1.165) is 34.9 Å². The summed E-state index contributed by atoms with van der Waals surface area (Å²) >= 11 is 0. The molecule has 0 amide bonds. The molecule has 3 N–H and O–H groups in total. The van der Waals surface area contributed by atoms with Crippen molar-refractivity contribution in [3.8, 4) is 22.6 Å². The van der Waals surface area contributed by atoms with Crippen LogP contribution in [-0.4, -0.2) is 47.9 Å². The Morgan fingerprint density at radius 1 is 1.03 bits per heavy atom. The molecular weight excluding hydrogens is 387 g/mol. The van der Waals surface area contributed by atoms with E-state index in [0.29, 0.717) is 24.3 Å². The van der Waals surface area contributed by atoms with Crippen molar-refractivity contribution < 1.29 is 29.2 Å². The average molecular weight is 412 g/mol. The van der Waals surface area contributed by atoms with Crippen LogP contribution >= 0.6 is 0 Å². The molecule has 3 aromatic rings. The van der Waals surface area contributed by atoms with Crippen molar-refractivity contribution in [2.45, 2.75) is 24.9 Å². The van der Waals surface area contributed by atoms with Crippen molar-refractivity contribution in [3.63, 3.8) is 0 Å². The number of rotatable bonds is 6. The monoisotopic (exact) mass is 412 g/mol. The van der Waals surface area contributed by atoms with E-state index < -0.39 is 12.7 Å². The van der Waals surface area contributed by atoms with Gasteiger partial charge in [0.1, 0.15) is 30.0 Å². The summed E-state index contributed by atoms with van der Waals surface area (Å²) in [6, 6.07) is 13.4. The largest absolute Gasteiger partial charge is 0.508 e. The summed E-state index contributed by atoms with van der Waals surface area (Å²) in [4.78, 5) is 0. The molecule has 1 atom stereocenters. The Morgan fingerprint density at radius 3 is 2.47 bits per heavy atom. The van der Waals surface area contributed by atoms with Crippen molar-refractivity contribution >= 4 is 10.8 Å². The molecule has 0 bridgehead atoms. The van der Waals surface area contributed by atoms with E-state index in [1.165, 1.54) is 12.1 Å². The summed E-state index contributed by atoms with van der Waals surface area (Å²) in [7, 11) is 0. The zero-order chi connectivity index (χ0) is 21.1. The molecule has 1 fully saturated rings. The van der Waals surface area contributed by atoms with E-state index in [-0.39, 0.29) is 24.1 Å². The van der Waals surface area contributed by atoms with E-state index in [1.54, 1.807) is 24.3 Å². The molecule has 0 saturated carbocycles. The molecule has 1 heterocycles. The minimum Gasteiger partial charge on any atom is -0.508 e. The summed E-state index contributed by atoms with van der Waals surface area (Å²) in [6.07, 6.45) is 0.716. The van der Waals surface area contributed by atoms with Crippen molar-refractivity contribution in [2.75, 3.05) is 26.4 Å². The standard InChI is InChI=1S/C24H25FO5/c25-17-3-1-16(2-4-17)24-20-6-5-18(27)11-22(20)23(30-14-19(28)13-26)12-21(24)15-7-9-29-10-8-15/h1-6,11-12,15,19,26-28H,7-10,13-14H2/t19-/m0/s1. The highest BCUT2D eigenvalue weighted by Gasteiger charge is 2.24. The maximum Gasteiger partial charge on any atom is 0.127 e. The number of fused-ring (bicyclic) bond motifs is 1. The summed E-state index contributed by atoms with van der Waals surface area (Å²) in [6.45, 7) is 0.870. The van der Waals surface area contributed by atoms with Crippen LogP contribution in [0.2, 0.25) is 0 Å². The molecule has 30 heavy (non-hydrogen) atoms. The third kappa shape index (κ3) is 4.26. The lowest BCUT2D eigenvalue weighted by Crippen LogP contribution is -2.21. The van der Waals surface area contributed by atoms with Crippen molar-refractivity contribution in [1.82, 2.24) is 0 Å². The first-order valence-corrected chi connectivity index (χ1v) is 10.1. The third-order valence-electron chi connectivity index (χ3n) is 5.55. The zero-order valence-electron chi connectivity index (χ0n) is 16.6. The number of aliphatic hydroxyl groups excluding tert-OH is 2. The number of hydrogen-bond acceptors (Lipinski definition) is 5. The number of benzene rings is 3. The molecule has 0 aromatic heterocycles. The number of phenolic OH excluding ortho intramolecular Hbond substituents is 1. The van der Waals surface area contributed by atoms with E-state index in [9.17, 15) is 14.6 Å². The maximum absolute atomic E-state index is 13.6. The van der Waals surface area contributed by atoms with Gasteiger partial charge >= 0.3 is 0 Å². The van der Waals surface area contributed by atoms with Crippen LogP contribution in [0.1, 0.15) is 24.3 Å². The van der Waals surface area contributed by atoms with Gasteiger partial charge in [-0.1, -0.05) is 12.1 Å². The molecule has 6 heteroatoms. The quantitative estimate of drug-likeness (QED) is 0.571. The van der Waals surface area contributed by atoms with Gasteiger partial charge in [-0.05, 0) is 77.2 Å². The van der Waals surface area contributed by atoms with Crippen LogP contribution in [0.3, 0.4) is 0 Å². The average Bonchev–Trinajstić information content (AvgIpc) is 2.78. The highest BCUT2D eigenvalue weighted by molar-refractivity contribution is 6.02. The first-order valence-electron chi connectivity index (χ1n) is 10.1. The normalized spacial score (nSPS) is 16.0. The van der Waals surface area contributed by atoms with Crippen molar-refractivity contribution in [2.24, 2.45) is 0 Å². The van der Waals surface area contributed by atoms with Gasteiger partial charge in [-0.15, -0.1) is 0 Å². The predicted molar refractivity (Wildman–Crippen MR) is 112 cm³/mol. The molecule has 1 aliphatic rings. The maximum atomic E-state index is 13.6. The second kappa shape index (κ2) is 9.00. The molecule has 0 radical (unpaired) electrons. The second-order valence-electron chi connectivity index (χ2n) is 7.61. The zero-order valence-corrected chi connectivity index (χ0v) is 16.6. The predicted octanol–water partition coefficient (Wildman–Crippen LogP) is 3.98. The van der Waals surface area contributed by atoms with Crippen molar-refractivity contribution in [1.29, 1.82) is 0 Å². The Hall–Kier alpha value is -2.67. The van der Waals surface area contributed by atoms with Gasteiger partial charge in [0.25, 0.3) is 0 Å². The first kappa shape index (κ1) is 20.6. The van der Waals surface area contributed by atoms with Crippen LogP contribution in [0, 0.1) is 5.82 Å². The van der Waals surface area contributed by atoms with Gasteiger partial charge in [0.15, 0.2) is 0 Å². The van der Waals surface area contributed by atoms with Gasteiger partial charge in [-0.3, -0.25) is 0 Å². The molecule has 4 rings (SSSR count).